The summed E-state index contributed by atoms with van der Waals surface area (Å²) in [5.74, 6) is -0.188. The minimum Gasteiger partial charge on any atom is -0.393 e. The standard InChI is InChI=1S/C25H27ClN6O4S2.ClH/c26-17-1-3-20-16(11-17)12-23(28-20)38(35,36)31-9-10-32(18(14-31)5-7-30-8-6-27-15-30)25(34)24-29-21-4-2-19(33)13-22(21)37-24;/h1,3,6,8,11-12,15,18-19,28,33H,2,4-5,7,9-10,13-14H2;1H. The molecule has 0 radical (unpaired) electrons. The highest BCUT2D eigenvalue weighted by Crippen LogP contribution is 2.30. The largest absolute Gasteiger partial charge is 0.393 e. The summed E-state index contributed by atoms with van der Waals surface area (Å²) < 4.78 is 30.6. The summed E-state index contributed by atoms with van der Waals surface area (Å²) >= 11 is 7.43. The van der Waals surface area contributed by atoms with Crippen molar-refractivity contribution in [1.82, 2.24) is 28.7 Å². The number of aliphatic hydroxyl groups excluding tert-OH is 1. The number of carbonyl (C=O) groups excluding carboxylic acids is 1. The third kappa shape index (κ3) is 5.59. The molecule has 0 saturated carbocycles. The molecule has 0 bridgehead atoms. The summed E-state index contributed by atoms with van der Waals surface area (Å²) in [5, 5.41) is 11.8. The van der Waals surface area contributed by atoms with Gasteiger partial charge in [0.1, 0.15) is 5.03 Å². The lowest BCUT2D eigenvalue weighted by Crippen LogP contribution is -2.56. The lowest BCUT2D eigenvalue weighted by Gasteiger charge is -2.40. The van der Waals surface area contributed by atoms with E-state index in [2.05, 4.69) is 15.0 Å². The van der Waals surface area contributed by atoms with Gasteiger partial charge in [0.25, 0.3) is 15.9 Å². The van der Waals surface area contributed by atoms with E-state index in [0.717, 1.165) is 16.0 Å². The number of thiazole rings is 1. The Morgan fingerprint density at radius 1 is 1.26 bits per heavy atom. The van der Waals surface area contributed by atoms with Crippen molar-refractivity contribution >= 4 is 62.2 Å². The van der Waals surface area contributed by atoms with Crippen LogP contribution < -0.4 is 0 Å². The average molecular weight is 612 g/mol. The molecule has 208 valence electrons. The molecule has 3 aromatic heterocycles. The number of carbonyl (C=O) groups is 1. The number of benzene rings is 1. The second-order valence-corrected chi connectivity index (χ2v) is 13.2. The van der Waals surface area contributed by atoms with Gasteiger partial charge in [-0.3, -0.25) is 4.79 Å². The fourth-order valence-corrected chi connectivity index (χ4v) is 8.00. The lowest BCUT2D eigenvalue weighted by molar-refractivity contribution is 0.0543. The average Bonchev–Trinajstić information content (AvgIpc) is 3.66. The molecule has 2 N–H and O–H groups in total. The molecule has 39 heavy (non-hydrogen) atoms. The molecule has 2 atom stereocenters. The van der Waals surface area contributed by atoms with Crippen LogP contribution in [0.5, 0.6) is 0 Å². The summed E-state index contributed by atoms with van der Waals surface area (Å²) in [4.78, 5) is 28.1. The van der Waals surface area contributed by atoms with Crippen molar-refractivity contribution in [2.24, 2.45) is 0 Å². The first-order valence-corrected chi connectivity index (χ1v) is 15.1. The lowest BCUT2D eigenvalue weighted by atomic mass is 10.0. The number of hydrogen-bond acceptors (Lipinski definition) is 7. The Hall–Kier alpha value is -2.48. The topological polar surface area (TPSA) is 124 Å². The molecule has 1 saturated heterocycles. The molecule has 1 aliphatic heterocycles. The van der Waals surface area contributed by atoms with E-state index in [4.69, 9.17) is 11.6 Å². The van der Waals surface area contributed by atoms with Gasteiger partial charge in [0.15, 0.2) is 5.01 Å². The maximum atomic E-state index is 13.7. The maximum Gasteiger partial charge on any atom is 0.283 e. The number of piperazine rings is 1. The molecule has 0 spiro atoms. The smallest absolute Gasteiger partial charge is 0.283 e. The van der Waals surface area contributed by atoms with Gasteiger partial charge in [-0.15, -0.1) is 23.7 Å². The van der Waals surface area contributed by atoms with Crippen molar-refractivity contribution in [2.45, 2.75) is 49.4 Å². The fraction of sp³-hybridized carbons (Fsp3) is 0.400. The second-order valence-electron chi connectivity index (χ2n) is 9.76. The van der Waals surface area contributed by atoms with Gasteiger partial charge >= 0.3 is 0 Å². The first-order valence-electron chi connectivity index (χ1n) is 12.5. The number of sulfonamides is 1. The Labute approximate surface area is 241 Å². The zero-order chi connectivity index (χ0) is 26.4. The van der Waals surface area contributed by atoms with Crippen LogP contribution in [0.3, 0.4) is 0 Å². The zero-order valence-electron chi connectivity index (χ0n) is 20.9. The second kappa shape index (κ2) is 11.2. The summed E-state index contributed by atoms with van der Waals surface area (Å²) in [7, 11) is -3.83. The molecule has 6 rings (SSSR count). The quantitative estimate of drug-likeness (QED) is 0.345. The van der Waals surface area contributed by atoms with Crippen LogP contribution in [0.4, 0.5) is 0 Å². The minimum absolute atomic E-state index is 0. The van der Waals surface area contributed by atoms with Gasteiger partial charge in [0, 0.05) is 71.8 Å². The summed E-state index contributed by atoms with van der Waals surface area (Å²) in [5.41, 5.74) is 1.58. The van der Waals surface area contributed by atoms with E-state index in [0.29, 0.717) is 47.8 Å². The van der Waals surface area contributed by atoms with Crippen molar-refractivity contribution in [3.8, 4) is 0 Å². The van der Waals surface area contributed by atoms with Crippen LogP contribution in [0.2, 0.25) is 5.02 Å². The molecule has 2 unspecified atom stereocenters. The Morgan fingerprint density at radius 2 is 2.10 bits per heavy atom. The van der Waals surface area contributed by atoms with Crippen LogP contribution in [0, 0.1) is 0 Å². The summed E-state index contributed by atoms with van der Waals surface area (Å²) in [6.07, 6.45) is 7.23. The first-order chi connectivity index (χ1) is 18.3. The van der Waals surface area contributed by atoms with Crippen LogP contribution in [0.25, 0.3) is 10.9 Å². The SMILES string of the molecule is Cl.O=C(c1nc2c(s1)CC(O)CC2)N1CCN(S(=O)(=O)c2cc3cc(Cl)ccc3[nH]2)CC1CCn1ccnc1. The zero-order valence-corrected chi connectivity index (χ0v) is 24.1. The van der Waals surface area contributed by atoms with Crippen LogP contribution in [-0.4, -0.2) is 79.9 Å². The highest BCUT2D eigenvalue weighted by molar-refractivity contribution is 7.89. The number of aryl methyl sites for hydroxylation is 2. The molecule has 1 fully saturated rings. The number of amides is 1. The predicted octanol–water partition coefficient (Wildman–Crippen LogP) is 3.35. The first kappa shape index (κ1) is 28.1. The van der Waals surface area contributed by atoms with Crippen LogP contribution in [-0.2, 0) is 29.4 Å². The monoisotopic (exact) mass is 610 g/mol. The summed E-state index contributed by atoms with van der Waals surface area (Å²) in [6.45, 7) is 1.19. The number of aliphatic hydroxyl groups is 1. The van der Waals surface area contributed by atoms with E-state index < -0.39 is 16.1 Å². The number of nitrogens with zero attached hydrogens (tertiary/aromatic N) is 5. The number of halogens is 2. The number of fused-ring (bicyclic) bond motifs is 2. The van der Waals surface area contributed by atoms with Gasteiger partial charge in [0.05, 0.1) is 18.1 Å². The number of aromatic amines is 1. The van der Waals surface area contributed by atoms with Crippen molar-refractivity contribution in [2.75, 3.05) is 19.6 Å². The van der Waals surface area contributed by atoms with Gasteiger partial charge in [-0.2, -0.15) is 4.31 Å². The molecular weight excluding hydrogens is 583 g/mol. The van der Waals surface area contributed by atoms with Crippen LogP contribution in [0.15, 0.2) is 48.0 Å². The van der Waals surface area contributed by atoms with Gasteiger partial charge < -0.3 is 19.6 Å². The van der Waals surface area contributed by atoms with Crippen molar-refractivity contribution in [1.29, 1.82) is 0 Å². The van der Waals surface area contributed by atoms with E-state index in [1.54, 1.807) is 41.7 Å². The number of hydrogen-bond donors (Lipinski definition) is 2. The molecule has 14 heteroatoms. The number of nitrogens with one attached hydrogen (secondary N) is 1. The number of rotatable bonds is 6. The minimum atomic E-state index is -3.83. The van der Waals surface area contributed by atoms with E-state index >= 15 is 0 Å². The van der Waals surface area contributed by atoms with Crippen molar-refractivity contribution < 1.29 is 18.3 Å². The normalized spacial score (nSPS) is 20.1. The van der Waals surface area contributed by atoms with Crippen molar-refractivity contribution in [3.63, 3.8) is 0 Å². The Bertz CT molecular complexity index is 1590. The van der Waals surface area contributed by atoms with E-state index in [1.165, 1.54) is 15.6 Å². The van der Waals surface area contributed by atoms with Gasteiger partial charge in [0.2, 0.25) is 0 Å². The van der Waals surface area contributed by atoms with Crippen molar-refractivity contribution in [3.05, 3.63) is 63.6 Å². The highest BCUT2D eigenvalue weighted by Gasteiger charge is 2.38. The third-order valence-corrected chi connectivity index (χ3v) is 10.4. The van der Waals surface area contributed by atoms with E-state index in [9.17, 15) is 18.3 Å². The Balaban J connectivity index is 0.00000308. The Morgan fingerprint density at radius 3 is 2.90 bits per heavy atom. The van der Waals surface area contributed by atoms with Crippen LogP contribution >= 0.6 is 35.3 Å². The van der Waals surface area contributed by atoms with E-state index in [-0.39, 0.29) is 49.0 Å². The molecule has 1 aliphatic carbocycles. The Kier molecular flexibility index (Phi) is 8.05. The molecule has 1 amide bonds. The van der Waals surface area contributed by atoms with Gasteiger partial charge in [-0.1, -0.05) is 11.6 Å². The maximum absolute atomic E-state index is 13.7. The van der Waals surface area contributed by atoms with Crippen LogP contribution in [0.1, 0.15) is 33.2 Å². The molecule has 2 aliphatic rings. The number of aromatic nitrogens is 4. The molecule has 10 nitrogen and oxygen atoms in total. The fourth-order valence-electron chi connectivity index (χ4n) is 5.20. The number of imidazole rings is 1. The third-order valence-electron chi connectivity index (χ3n) is 7.26. The molecule has 1 aromatic carbocycles. The molecule has 4 aromatic rings. The van der Waals surface area contributed by atoms with Gasteiger partial charge in [-0.05, 0) is 43.5 Å². The van der Waals surface area contributed by atoms with Gasteiger partial charge in [-0.25, -0.2) is 18.4 Å². The van der Waals surface area contributed by atoms with E-state index in [1.807, 2.05) is 10.8 Å². The number of H-pyrrole nitrogens is 1. The summed E-state index contributed by atoms with van der Waals surface area (Å²) in [6, 6.07) is 6.45. The predicted molar refractivity (Wildman–Crippen MR) is 151 cm³/mol. The highest BCUT2D eigenvalue weighted by atomic mass is 35.5. The molecular formula is C25H28Cl2N6O4S2. The molecule has 4 heterocycles.